The number of carbonyl (C=O) groups is 1. The van der Waals surface area contributed by atoms with Crippen LogP contribution in [-0.2, 0) is 4.79 Å². The molecule has 2 aromatic rings. The smallest absolute Gasteiger partial charge is 0.227 e. The highest BCUT2D eigenvalue weighted by Crippen LogP contribution is 2.31. The van der Waals surface area contributed by atoms with E-state index in [0.717, 1.165) is 49.4 Å². The predicted molar refractivity (Wildman–Crippen MR) is 120 cm³/mol. The molecule has 1 fully saturated rings. The van der Waals surface area contributed by atoms with E-state index in [-0.39, 0.29) is 36.8 Å². The van der Waals surface area contributed by atoms with Gasteiger partial charge in [-0.05, 0) is 37.8 Å². The second kappa shape index (κ2) is 10.5. The number of fused-ring (bicyclic) bond motifs is 1. The van der Waals surface area contributed by atoms with E-state index in [1.165, 1.54) is 4.70 Å². The zero-order valence-electron chi connectivity index (χ0n) is 15.9. The first-order chi connectivity index (χ1) is 12.1. The third-order valence-corrected chi connectivity index (χ3v) is 6.71. The van der Waals surface area contributed by atoms with Crippen molar-refractivity contribution in [2.24, 2.45) is 11.1 Å². The first-order valence-electron chi connectivity index (χ1n) is 9.23. The largest absolute Gasteiger partial charge is 0.353 e. The summed E-state index contributed by atoms with van der Waals surface area (Å²) in [5, 5.41) is 4.34. The van der Waals surface area contributed by atoms with Crippen molar-refractivity contribution in [3.8, 4) is 0 Å². The highest BCUT2D eigenvalue weighted by Gasteiger charge is 2.35. The fourth-order valence-corrected chi connectivity index (χ4v) is 4.52. The molecule has 27 heavy (non-hydrogen) atoms. The molecule has 2 heterocycles. The van der Waals surface area contributed by atoms with E-state index in [0.29, 0.717) is 6.54 Å². The van der Waals surface area contributed by atoms with Crippen molar-refractivity contribution in [2.75, 3.05) is 24.5 Å². The predicted octanol–water partition coefficient (Wildman–Crippen LogP) is 3.99. The van der Waals surface area contributed by atoms with Crippen LogP contribution in [0, 0.1) is 5.41 Å². The van der Waals surface area contributed by atoms with Crippen molar-refractivity contribution in [3.05, 3.63) is 24.3 Å². The van der Waals surface area contributed by atoms with Crippen molar-refractivity contribution in [3.63, 3.8) is 0 Å². The van der Waals surface area contributed by atoms with Crippen LogP contribution in [0.1, 0.15) is 39.5 Å². The van der Waals surface area contributed by atoms with Gasteiger partial charge in [0.25, 0.3) is 0 Å². The van der Waals surface area contributed by atoms with E-state index in [2.05, 4.69) is 28.4 Å². The standard InChI is InChI=1S/C19H28N4OS.2ClH/c1-3-19(4-2,13-20)17(24)21-14-9-11-23(12-10-14)18-22-15-7-5-6-8-16(15)25-18;;/h5-8,14H,3-4,9-13,20H2,1-2H3,(H,21,24);2*1H. The number of piperidine rings is 1. The van der Waals surface area contributed by atoms with Gasteiger partial charge in [0, 0.05) is 25.7 Å². The average molecular weight is 433 g/mol. The summed E-state index contributed by atoms with van der Waals surface area (Å²) in [6.07, 6.45) is 3.48. The number of para-hydroxylation sites is 1. The van der Waals surface area contributed by atoms with E-state index in [4.69, 9.17) is 10.7 Å². The maximum atomic E-state index is 12.7. The van der Waals surface area contributed by atoms with E-state index in [1.54, 1.807) is 11.3 Å². The normalized spacial score (nSPS) is 15.1. The lowest BCUT2D eigenvalue weighted by Gasteiger charge is -2.35. The molecule has 1 aliphatic heterocycles. The lowest BCUT2D eigenvalue weighted by Crippen LogP contribution is -2.51. The lowest BCUT2D eigenvalue weighted by molar-refractivity contribution is -0.131. The Bertz CT molecular complexity index is 686. The van der Waals surface area contributed by atoms with Crippen molar-refractivity contribution < 1.29 is 4.79 Å². The highest BCUT2D eigenvalue weighted by molar-refractivity contribution is 7.22. The molecular weight excluding hydrogens is 403 g/mol. The molecule has 3 N–H and O–H groups in total. The number of nitrogens with one attached hydrogen (secondary N) is 1. The molecule has 8 heteroatoms. The Kier molecular flexibility index (Phi) is 9.28. The molecular formula is C19H30Cl2N4OS. The SMILES string of the molecule is CCC(CC)(CN)C(=O)NC1CCN(c2nc3ccccc3s2)CC1.Cl.Cl. The van der Waals surface area contributed by atoms with Crippen LogP contribution >= 0.6 is 36.2 Å². The number of hydrogen-bond donors (Lipinski definition) is 2. The molecule has 0 radical (unpaired) electrons. The van der Waals surface area contributed by atoms with Gasteiger partial charge >= 0.3 is 0 Å². The molecule has 3 rings (SSSR count). The van der Waals surface area contributed by atoms with Gasteiger partial charge in [0.15, 0.2) is 5.13 Å². The summed E-state index contributed by atoms with van der Waals surface area (Å²) >= 11 is 1.74. The Morgan fingerprint density at radius 2 is 1.89 bits per heavy atom. The number of nitrogens with zero attached hydrogens (tertiary/aromatic N) is 2. The summed E-state index contributed by atoms with van der Waals surface area (Å²) in [4.78, 5) is 19.8. The number of hydrogen-bond acceptors (Lipinski definition) is 5. The number of nitrogens with two attached hydrogens (primary N) is 1. The zero-order valence-corrected chi connectivity index (χ0v) is 18.4. The van der Waals surface area contributed by atoms with Crippen molar-refractivity contribution >= 4 is 57.4 Å². The van der Waals surface area contributed by atoms with E-state index < -0.39 is 5.41 Å². The van der Waals surface area contributed by atoms with Gasteiger partial charge in [-0.2, -0.15) is 0 Å². The van der Waals surface area contributed by atoms with Gasteiger partial charge in [-0.3, -0.25) is 4.79 Å². The van der Waals surface area contributed by atoms with Crippen LogP contribution in [0.4, 0.5) is 5.13 Å². The number of anilines is 1. The van der Waals surface area contributed by atoms with Crippen molar-refractivity contribution in [1.82, 2.24) is 10.3 Å². The minimum absolute atomic E-state index is 0. The molecule has 1 aromatic carbocycles. The Hall–Kier alpha value is -1.08. The maximum Gasteiger partial charge on any atom is 0.227 e. The van der Waals surface area contributed by atoms with Crippen LogP contribution in [0.5, 0.6) is 0 Å². The van der Waals surface area contributed by atoms with Crippen LogP contribution in [0.2, 0.25) is 0 Å². The Labute approximate surface area is 177 Å². The van der Waals surface area contributed by atoms with Gasteiger partial charge < -0.3 is 16.0 Å². The molecule has 152 valence electrons. The van der Waals surface area contributed by atoms with Crippen LogP contribution < -0.4 is 16.0 Å². The van der Waals surface area contributed by atoms with E-state index in [1.807, 2.05) is 19.9 Å². The lowest BCUT2D eigenvalue weighted by atomic mass is 9.81. The maximum absolute atomic E-state index is 12.7. The molecule has 0 spiro atoms. The Morgan fingerprint density at radius 1 is 1.26 bits per heavy atom. The second-order valence-electron chi connectivity index (χ2n) is 6.89. The third-order valence-electron chi connectivity index (χ3n) is 5.61. The minimum atomic E-state index is -0.413. The van der Waals surface area contributed by atoms with E-state index >= 15 is 0 Å². The summed E-state index contributed by atoms with van der Waals surface area (Å²) in [5.74, 6) is 0.124. The fraction of sp³-hybridized carbons (Fsp3) is 0.579. The minimum Gasteiger partial charge on any atom is -0.353 e. The monoisotopic (exact) mass is 432 g/mol. The third kappa shape index (κ3) is 5.05. The quantitative estimate of drug-likeness (QED) is 0.723. The van der Waals surface area contributed by atoms with Crippen LogP contribution in [-0.4, -0.2) is 36.6 Å². The van der Waals surface area contributed by atoms with Crippen molar-refractivity contribution in [1.29, 1.82) is 0 Å². The first kappa shape index (κ1) is 24.0. The second-order valence-corrected chi connectivity index (χ2v) is 7.90. The Morgan fingerprint density at radius 3 is 2.44 bits per heavy atom. The number of aromatic nitrogens is 1. The molecule has 0 atom stereocenters. The number of benzene rings is 1. The number of rotatable bonds is 6. The molecule has 1 amide bonds. The molecule has 0 aliphatic carbocycles. The topological polar surface area (TPSA) is 71.2 Å². The molecule has 1 aromatic heterocycles. The molecule has 0 bridgehead atoms. The molecule has 1 aliphatic rings. The van der Waals surface area contributed by atoms with E-state index in [9.17, 15) is 4.79 Å². The average Bonchev–Trinajstić information content (AvgIpc) is 3.08. The number of carbonyl (C=O) groups excluding carboxylic acids is 1. The Balaban J connectivity index is 0.00000182. The molecule has 0 saturated carbocycles. The number of amides is 1. The summed E-state index contributed by atoms with van der Waals surface area (Å²) < 4.78 is 1.23. The van der Waals surface area contributed by atoms with Crippen LogP contribution in [0.3, 0.4) is 0 Å². The zero-order chi connectivity index (χ0) is 17.9. The molecule has 1 saturated heterocycles. The summed E-state index contributed by atoms with van der Waals surface area (Å²) in [6, 6.07) is 8.49. The summed E-state index contributed by atoms with van der Waals surface area (Å²) in [5.41, 5.74) is 6.55. The van der Waals surface area contributed by atoms with Gasteiger partial charge in [0.1, 0.15) is 0 Å². The van der Waals surface area contributed by atoms with Gasteiger partial charge in [0.2, 0.25) is 5.91 Å². The van der Waals surface area contributed by atoms with Gasteiger partial charge in [-0.1, -0.05) is 37.3 Å². The number of halogens is 2. The molecule has 0 unspecified atom stereocenters. The van der Waals surface area contributed by atoms with Gasteiger partial charge in [-0.25, -0.2) is 4.98 Å². The summed E-state index contributed by atoms with van der Waals surface area (Å²) in [7, 11) is 0. The first-order valence-corrected chi connectivity index (χ1v) is 10.0. The van der Waals surface area contributed by atoms with Gasteiger partial charge in [0.05, 0.1) is 15.6 Å². The number of thiazole rings is 1. The van der Waals surface area contributed by atoms with Crippen LogP contribution in [0.25, 0.3) is 10.2 Å². The fourth-order valence-electron chi connectivity index (χ4n) is 3.50. The van der Waals surface area contributed by atoms with Gasteiger partial charge in [-0.15, -0.1) is 24.8 Å². The highest BCUT2D eigenvalue weighted by atomic mass is 35.5. The van der Waals surface area contributed by atoms with Crippen LogP contribution in [0.15, 0.2) is 24.3 Å². The molecule has 5 nitrogen and oxygen atoms in total. The van der Waals surface area contributed by atoms with Crippen molar-refractivity contribution in [2.45, 2.75) is 45.6 Å². The summed E-state index contributed by atoms with van der Waals surface area (Å²) in [6.45, 7) is 6.37.